The van der Waals surface area contributed by atoms with Crippen molar-refractivity contribution in [3.8, 4) is 0 Å². The Labute approximate surface area is 270 Å². The van der Waals surface area contributed by atoms with Gasteiger partial charge in [0.15, 0.2) is 11.2 Å². The molecule has 0 aliphatic carbocycles. The number of piperazine rings is 1. The summed E-state index contributed by atoms with van der Waals surface area (Å²) in [6.07, 6.45) is 1.64. The number of nitrogens with zero attached hydrogens (tertiary/aromatic N) is 3. The van der Waals surface area contributed by atoms with Crippen LogP contribution in [-0.2, 0) is 22.6 Å². The highest BCUT2D eigenvalue weighted by Gasteiger charge is 2.31. The van der Waals surface area contributed by atoms with Crippen molar-refractivity contribution in [2.24, 2.45) is 0 Å². The predicted octanol–water partition coefficient (Wildman–Crippen LogP) is 4.91. The second-order valence-corrected chi connectivity index (χ2v) is 12.1. The number of nitrogens with one attached hydrogen (secondary N) is 1. The van der Waals surface area contributed by atoms with Crippen LogP contribution in [-0.4, -0.2) is 66.3 Å². The molecule has 0 spiro atoms. The number of carbonyl (C=O) groups is 3. The van der Waals surface area contributed by atoms with Gasteiger partial charge in [0.05, 0.1) is 15.4 Å². The van der Waals surface area contributed by atoms with Gasteiger partial charge in [0.2, 0.25) is 11.8 Å². The summed E-state index contributed by atoms with van der Waals surface area (Å²) in [4.78, 5) is 58.1. The smallest absolute Gasteiger partial charge is 0.287 e. The van der Waals surface area contributed by atoms with E-state index in [1.807, 2.05) is 23.1 Å². The number of benzene rings is 3. The van der Waals surface area contributed by atoms with Crippen molar-refractivity contribution in [1.29, 1.82) is 0 Å². The number of halogens is 2. The van der Waals surface area contributed by atoms with Gasteiger partial charge < -0.3 is 24.4 Å². The van der Waals surface area contributed by atoms with Gasteiger partial charge in [-0.3, -0.25) is 19.2 Å². The number of fused-ring (bicyclic) bond motifs is 1. The second kappa shape index (κ2) is 13.3. The van der Waals surface area contributed by atoms with E-state index in [2.05, 4.69) is 16.3 Å². The van der Waals surface area contributed by atoms with Crippen molar-refractivity contribution in [1.82, 2.24) is 15.1 Å². The van der Waals surface area contributed by atoms with Crippen molar-refractivity contribution in [3.05, 3.63) is 110 Å². The zero-order valence-corrected chi connectivity index (χ0v) is 26.0. The lowest BCUT2D eigenvalue weighted by molar-refractivity contribution is -0.133. The van der Waals surface area contributed by atoms with Crippen LogP contribution in [0.25, 0.3) is 11.0 Å². The number of anilines is 1. The van der Waals surface area contributed by atoms with Crippen molar-refractivity contribution in [2.45, 2.75) is 31.8 Å². The second-order valence-electron chi connectivity index (χ2n) is 11.3. The largest absolute Gasteiger partial charge is 0.451 e. The first-order chi connectivity index (χ1) is 21.8. The average Bonchev–Trinajstić information content (AvgIpc) is 3.46. The number of rotatable bonds is 8. The molecule has 3 aromatic carbocycles. The van der Waals surface area contributed by atoms with Gasteiger partial charge in [0.1, 0.15) is 11.6 Å². The van der Waals surface area contributed by atoms with E-state index >= 15 is 0 Å². The molecule has 2 aliphatic rings. The Morgan fingerprint density at radius 2 is 1.62 bits per heavy atom. The summed E-state index contributed by atoms with van der Waals surface area (Å²) in [5.41, 5.74) is 2.78. The Bertz CT molecular complexity index is 1820. The zero-order valence-electron chi connectivity index (χ0n) is 24.5. The molecule has 0 radical (unpaired) electrons. The molecule has 232 valence electrons. The molecule has 3 amide bonds. The molecule has 9 nitrogen and oxygen atoms in total. The lowest BCUT2D eigenvalue weighted by Crippen LogP contribution is -2.55. The molecule has 11 heteroatoms. The van der Waals surface area contributed by atoms with E-state index in [1.54, 1.807) is 47.4 Å². The number of para-hydroxylation sites is 2. The maximum Gasteiger partial charge on any atom is 0.287 e. The summed E-state index contributed by atoms with van der Waals surface area (Å²) in [5, 5.41) is 3.90. The SMILES string of the molecule is O=C(N[C@H](Cc1ccc(Cl)c(Cl)c1)C(=O)N1CCN(c2ccccc2CN2CCCC2=O)CC1)c1cc(=O)c2ccccc2o1. The fraction of sp³-hybridized carbons (Fsp3) is 0.294. The summed E-state index contributed by atoms with van der Waals surface area (Å²) in [6.45, 7) is 3.39. The molecular formula is C34H32Cl2N4O5. The first-order valence-electron chi connectivity index (χ1n) is 14.9. The van der Waals surface area contributed by atoms with Gasteiger partial charge >= 0.3 is 0 Å². The number of hydrogen-bond acceptors (Lipinski definition) is 6. The minimum Gasteiger partial charge on any atom is -0.451 e. The van der Waals surface area contributed by atoms with E-state index in [0.29, 0.717) is 60.1 Å². The third-order valence-electron chi connectivity index (χ3n) is 8.34. The predicted molar refractivity (Wildman–Crippen MR) is 174 cm³/mol. The van der Waals surface area contributed by atoms with Gasteiger partial charge in [-0.2, -0.15) is 0 Å². The van der Waals surface area contributed by atoms with Gasteiger partial charge in [-0.25, -0.2) is 0 Å². The van der Waals surface area contributed by atoms with Crippen molar-refractivity contribution in [3.63, 3.8) is 0 Å². The monoisotopic (exact) mass is 646 g/mol. The summed E-state index contributed by atoms with van der Waals surface area (Å²) in [6, 6.07) is 20.0. The molecule has 0 bridgehead atoms. The molecule has 2 aliphatic heterocycles. The van der Waals surface area contributed by atoms with Crippen molar-refractivity contribution >= 4 is 57.6 Å². The van der Waals surface area contributed by atoms with Crippen molar-refractivity contribution in [2.75, 3.05) is 37.6 Å². The van der Waals surface area contributed by atoms with E-state index < -0.39 is 11.9 Å². The molecule has 2 fully saturated rings. The molecule has 2 saturated heterocycles. The molecule has 45 heavy (non-hydrogen) atoms. The quantitative estimate of drug-likeness (QED) is 0.292. The fourth-order valence-electron chi connectivity index (χ4n) is 5.97. The minimum absolute atomic E-state index is 0.159. The van der Waals surface area contributed by atoms with Gasteiger partial charge in [0.25, 0.3) is 5.91 Å². The van der Waals surface area contributed by atoms with Gasteiger partial charge in [-0.05, 0) is 47.9 Å². The lowest BCUT2D eigenvalue weighted by atomic mass is 10.0. The Balaban J connectivity index is 1.19. The fourth-order valence-corrected chi connectivity index (χ4v) is 6.29. The maximum absolute atomic E-state index is 14.0. The van der Waals surface area contributed by atoms with E-state index in [1.165, 1.54) is 0 Å². The molecule has 4 aromatic rings. The average molecular weight is 648 g/mol. The molecular weight excluding hydrogens is 615 g/mol. The van der Waals surface area contributed by atoms with Gasteiger partial charge in [-0.1, -0.05) is 59.6 Å². The zero-order chi connectivity index (χ0) is 31.5. The summed E-state index contributed by atoms with van der Waals surface area (Å²) in [5.74, 6) is -0.921. The van der Waals surface area contributed by atoms with Crippen LogP contribution in [0.3, 0.4) is 0 Å². The van der Waals surface area contributed by atoms with E-state index in [4.69, 9.17) is 27.6 Å². The number of amides is 3. The van der Waals surface area contributed by atoms with Crippen LogP contribution < -0.4 is 15.6 Å². The van der Waals surface area contributed by atoms with Crippen LogP contribution in [0.1, 0.15) is 34.5 Å². The lowest BCUT2D eigenvalue weighted by Gasteiger charge is -2.38. The standard InChI is InChI=1S/C34H32Cl2N4O5/c35-25-12-11-22(18-26(25)36)19-27(37-33(43)31-20-29(41)24-7-2-4-9-30(24)45-31)34(44)39-16-14-38(15-17-39)28-8-3-1-6-23(28)21-40-13-5-10-32(40)42/h1-4,6-9,11-12,18,20,27H,5,10,13-17,19,21H2,(H,37,43)/t27-/m1/s1. The van der Waals surface area contributed by atoms with E-state index in [-0.39, 0.29) is 35.0 Å². The van der Waals surface area contributed by atoms with Crippen LogP contribution in [0.2, 0.25) is 10.0 Å². The van der Waals surface area contributed by atoms with Crippen LogP contribution in [0.15, 0.2) is 82.0 Å². The first kappa shape index (κ1) is 30.7. The van der Waals surface area contributed by atoms with Crippen LogP contribution in [0.4, 0.5) is 5.69 Å². The normalized spacial score (nSPS) is 15.9. The number of likely N-dealkylation sites (tertiary alicyclic amines) is 1. The summed E-state index contributed by atoms with van der Waals surface area (Å²) in [7, 11) is 0. The Morgan fingerprint density at radius 3 is 2.38 bits per heavy atom. The minimum atomic E-state index is -0.952. The Hall–Kier alpha value is -4.34. The van der Waals surface area contributed by atoms with Gasteiger partial charge in [-0.15, -0.1) is 0 Å². The Kier molecular flexibility index (Phi) is 9.09. The molecule has 1 N–H and O–H groups in total. The number of hydrogen-bond donors (Lipinski definition) is 1. The van der Waals surface area contributed by atoms with Crippen LogP contribution in [0, 0.1) is 0 Å². The highest BCUT2D eigenvalue weighted by molar-refractivity contribution is 6.42. The highest BCUT2D eigenvalue weighted by atomic mass is 35.5. The summed E-state index contributed by atoms with van der Waals surface area (Å²) >= 11 is 12.4. The third kappa shape index (κ3) is 6.84. The molecule has 0 unspecified atom stereocenters. The van der Waals surface area contributed by atoms with Crippen LogP contribution >= 0.6 is 23.2 Å². The first-order valence-corrected chi connectivity index (χ1v) is 15.7. The maximum atomic E-state index is 14.0. The molecule has 6 rings (SSSR count). The van der Waals surface area contributed by atoms with Crippen molar-refractivity contribution < 1.29 is 18.8 Å². The highest BCUT2D eigenvalue weighted by Crippen LogP contribution is 2.26. The van der Waals surface area contributed by atoms with E-state index in [9.17, 15) is 19.2 Å². The molecule has 1 atom stereocenters. The van der Waals surface area contributed by atoms with Gasteiger partial charge in [0, 0.05) is 63.9 Å². The summed E-state index contributed by atoms with van der Waals surface area (Å²) < 4.78 is 5.74. The van der Waals surface area contributed by atoms with E-state index in [0.717, 1.165) is 30.3 Å². The third-order valence-corrected chi connectivity index (χ3v) is 9.08. The topological polar surface area (TPSA) is 103 Å². The number of carbonyl (C=O) groups excluding carboxylic acids is 3. The van der Waals surface area contributed by atoms with Crippen LogP contribution in [0.5, 0.6) is 0 Å². The molecule has 3 heterocycles. The molecule has 0 saturated carbocycles. The molecule has 1 aromatic heterocycles. The Morgan fingerprint density at radius 1 is 0.867 bits per heavy atom.